The molecule has 3 rings (SSSR count). The van der Waals surface area contributed by atoms with E-state index in [1.807, 2.05) is 17.6 Å². The molecule has 0 unspecified atom stereocenters. The van der Waals surface area contributed by atoms with Gasteiger partial charge in [0.1, 0.15) is 24.0 Å². The van der Waals surface area contributed by atoms with Gasteiger partial charge in [0.2, 0.25) is 5.91 Å². The Morgan fingerprint density at radius 2 is 2.08 bits per heavy atom. The Morgan fingerprint density at radius 1 is 1.31 bits per heavy atom. The molecule has 0 saturated carbocycles. The molecule has 26 heavy (non-hydrogen) atoms. The number of benzene rings is 1. The maximum atomic E-state index is 14.1. The van der Waals surface area contributed by atoms with Gasteiger partial charge in [0.15, 0.2) is 0 Å². The van der Waals surface area contributed by atoms with E-state index in [-0.39, 0.29) is 18.1 Å². The lowest BCUT2D eigenvalue weighted by Gasteiger charge is -2.15. The van der Waals surface area contributed by atoms with Crippen LogP contribution in [0.4, 0.5) is 20.3 Å². The minimum Gasteiger partial charge on any atom is -0.344 e. The van der Waals surface area contributed by atoms with E-state index in [1.54, 1.807) is 37.3 Å². The van der Waals surface area contributed by atoms with Gasteiger partial charge in [-0.2, -0.15) is 0 Å². The lowest BCUT2D eigenvalue weighted by molar-refractivity contribution is -0.130. The van der Waals surface area contributed by atoms with Crippen LogP contribution in [0.15, 0.2) is 36.7 Å². The second-order valence-corrected chi connectivity index (χ2v) is 6.15. The van der Waals surface area contributed by atoms with Gasteiger partial charge in [-0.25, -0.2) is 13.8 Å². The topological polar surface area (TPSA) is 50.2 Å². The van der Waals surface area contributed by atoms with Crippen molar-refractivity contribution in [3.63, 3.8) is 0 Å². The van der Waals surface area contributed by atoms with Crippen molar-refractivity contribution in [2.24, 2.45) is 0 Å². The molecule has 0 bridgehead atoms. The Kier molecular flexibility index (Phi) is 4.88. The molecule has 0 radical (unpaired) electrons. The fraction of sp³-hybridized carbons (Fsp3) is 0.263. The first-order valence-corrected chi connectivity index (χ1v) is 8.31. The number of aromatic nitrogens is 2. The van der Waals surface area contributed by atoms with E-state index in [1.165, 1.54) is 6.07 Å². The monoisotopic (exact) mass is 358 g/mol. The number of pyridine rings is 1. The van der Waals surface area contributed by atoms with Crippen molar-refractivity contribution < 1.29 is 13.6 Å². The third-order valence-electron chi connectivity index (χ3n) is 4.40. The molecule has 2 heterocycles. The predicted molar refractivity (Wildman–Crippen MR) is 97.4 cm³/mol. The highest BCUT2D eigenvalue weighted by Gasteiger charge is 2.14. The number of carbonyl (C=O) groups is 1. The molecule has 1 amide bonds. The number of hydrogen-bond acceptors (Lipinski definition) is 3. The molecule has 1 aromatic carbocycles. The van der Waals surface area contributed by atoms with Crippen molar-refractivity contribution in [3.05, 3.63) is 53.9 Å². The maximum Gasteiger partial charge on any atom is 0.242 e. The highest BCUT2D eigenvalue weighted by Crippen LogP contribution is 2.29. The molecule has 0 aliphatic carbocycles. The molecule has 2 aromatic heterocycles. The van der Waals surface area contributed by atoms with Crippen molar-refractivity contribution in [2.45, 2.75) is 20.4 Å². The summed E-state index contributed by atoms with van der Waals surface area (Å²) in [4.78, 5) is 18.1. The van der Waals surface area contributed by atoms with E-state index in [0.29, 0.717) is 17.9 Å². The number of rotatable bonds is 5. The Hall–Kier alpha value is -2.96. The zero-order valence-electron chi connectivity index (χ0n) is 14.9. The number of nitrogens with one attached hydrogen (secondary N) is 1. The second kappa shape index (κ2) is 7.11. The van der Waals surface area contributed by atoms with Crippen LogP contribution in [0.5, 0.6) is 0 Å². The molecule has 0 saturated heterocycles. The van der Waals surface area contributed by atoms with E-state index in [2.05, 4.69) is 10.3 Å². The highest BCUT2D eigenvalue weighted by molar-refractivity contribution is 5.93. The SMILES string of the molecule is CCN(C)C(=O)Cn1ccc2c(Nc3c(C)cc(F)cc3F)nccc21. The van der Waals surface area contributed by atoms with Crippen LogP contribution >= 0.6 is 0 Å². The maximum absolute atomic E-state index is 14.1. The Balaban J connectivity index is 1.96. The van der Waals surface area contributed by atoms with Gasteiger partial charge in [-0.1, -0.05) is 0 Å². The first-order chi connectivity index (χ1) is 12.4. The van der Waals surface area contributed by atoms with E-state index < -0.39 is 11.6 Å². The van der Waals surface area contributed by atoms with Crippen LogP contribution < -0.4 is 5.32 Å². The molecule has 1 N–H and O–H groups in total. The van der Waals surface area contributed by atoms with Gasteiger partial charge in [0.25, 0.3) is 0 Å². The quantitative estimate of drug-likeness (QED) is 0.754. The molecule has 0 aliphatic heterocycles. The molecule has 0 aliphatic rings. The molecule has 7 heteroatoms. The number of amides is 1. The van der Waals surface area contributed by atoms with E-state index in [9.17, 15) is 13.6 Å². The Labute approximate surface area is 150 Å². The number of likely N-dealkylation sites (N-methyl/N-ethyl adjacent to an activating group) is 1. The summed E-state index contributed by atoms with van der Waals surface area (Å²) in [5.74, 6) is -0.857. The van der Waals surface area contributed by atoms with Crippen LogP contribution in [0.3, 0.4) is 0 Å². The average Bonchev–Trinajstić information content (AvgIpc) is 3.01. The first kappa shape index (κ1) is 17.8. The number of hydrogen-bond donors (Lipinski definition) is 1. The van der Waals surface area contributed by atoms with Gasteiger partial charge < -0.3 is 14.8 Å². The summed E-state index contributed by atoms with van der Waals surface area (Å²) in [5.41, 5.74) is 1.43. The standard InChI is InChI=1S/C19H20F2N4O/c1-4-24(3)17(26)11-25-8-6-14-16(25)5-7-22-19(14)23-18-12(2)9-13(20)10-15(18)21/h5-10H,4,11H2,1-3H3,(H,22,23). The summed E-state index contributed by atoms with van der Waals surface area (Å²) in [6, 6.07) is 5.71. The smallest absolute Gasteiger partial charge is 0.242 e. The van der Waals surface area contributed by atoms with Crippen molar-refractivity contribution in [3.8, 4) is 0 Å². The minimum atomic E-state index is -0.680. The fourth-order valence-electron chi connectivity index (χ4n) is 2.78. The van der Waals surface area contributed by atoms with Crippen LogP contribution in [0, 0.1) is 18.6 Å². The predicted octanol–water partition coefficient (Wildman–Crippen LogP) is 3.84. The number of carbonyl (C=O) groups excluding carboxylic acids is 1. The molecule has 0 atom stereocenters. The largest absolute Gasteiger partial charge is 0.344 e. The third-order valence-corrected chi connectivity index (χ3v) is 4.40. The number of fused-ring (bicyclic) bond motifs is 1. The Morgan fingerprint density at radius 3 is 2.77 bits per heavy atom. The zero-order valence-corrected chi connectivity index (χ0v) is 14.9. The number of halogens is 2. The molecule has 0 fully saturated rings. The number of anilines is 2. The molecule has 0 spiro atoms. The van der Waals surface area contributed by atoms with Crippen LogP contribution in [-0.4, -0.2) is 34.0 Å². The zero-order chi connectivity index (χ0) is 18.8. The van der Waals surface area contributed by atoms with Gasteiger partial charge in [0, 0.05) is 37.4 Å². The van der Waals surface area contributed by atoms with E-state index in [4.69, 9.17) is 0 Å². The molecule has 136 valence electrons. The summed E-state index contributed by atoms with van der Waals surface area (Å²) in [7, 11) is 1.75. The van der Waals surface area contributed by atoms with E-state index in [0.717, 1.165) is 17.0 Å². The van der Waals surface area contributed by atoms with Gasteiger partial charge in [-0.15, -0.1) is 0 Å². The highest BCUT2D eigenvalue weighted by atomic mass is 19.1. The molecular formula is C19H20F2N4O. The van der Waals surface area contributed by atoms with Crippen molar-refractivity contribution in [1.29, 1.82) is 0 Å². The van der Waals surface area contributed by atoms with Crippen LogP contribution in [-0.2, 0) is 11.3 Å². The summed E-state index contributed by atoms with van der Waals surface area (Å²) in [6.45, 7) is 4.38. The van der Waals surface area contributed by atoms with Gasteiger partial charge in [0.05, 0.1) is 11.2 Å². The molecule has 5 nitrogen and oxygen atoms in total. The van der Waals surface area contributed by atoms with Crippen LogP contribution in [0.2, 0.25) is 0 Å². The van der Waals surface area contributed by atoms with Crippen molar-refractivity contribution in [2.75, 3.05) is 18.9 Å². The second-order valence-electron chi connectivity index (χ2n) is 6.15. The first-order valence-electron chi connectivity index (χ1n) is 8.31. The lowest BCUT2D eigenvalue weighted by atomic mass is 10.2. The summed E-state index contributed by atoms with van der Waals surface area (Å²) >= 11 is 0. The van der Waals surface area contributed by atoms with Crippen LogP contribution in [0.25, 0.3) is 10.9 Å². The Bertz CT molecular complexity index is 944. The van der Waals surface area contributed by atoms with Gasteiger partial charge in [-0.3, -0.25) is 4.79 Å². The lowest BCUT2D eigenvalue weighted by Crippen LogP contribution is -2.29. The van der Waals surface area contributed by atoms with Gasteiger partial charge in [-0.05, 0) is 37.6 Å². The summed E-state index contributed by atoms with van der Waals surface area (Å²) < 4.78 is 29.2. The van der Waals surface area contributed by atoms with Crippen molar-refractivity contribution in [1.82, 2.24) is 14.5 Å². The molecule has 3 aromatic rings. The van der Waals surface area contributed by atoms with Crippen molar-refractivity contribution >= 4 is 28.3 Å². The minimum absolute atomic E-state index is 0.00301. The van der Waals surface area contributed by atoms with E-state index >= 15 is 0 Å². The number of nitrogens with zero attached hydrogens (tertiary/aromatic N) is 3. The van der Waals surface area contributed by atoms with Gasteiger partial charge >= 0.3 is 0 Å². The third kappa shape index (κ3) is 3.37. The molecular weight excluding hydrogens is 338 g/mol. The fourth-order valence-corrected chi connectivity index (χ4v) is 2.78. The summed E-state index contributed by atoms with van der Waals surface area (Å²) in [6.07, 6.45) is 3.39. The van der Waals surface area contributed by atoms with Crippen LogP contribution in [0.1, 0.15) is 12.5 Å². The summed E-state index contributed by atoms with van der Waals surface area (Å²) in [5, 5.41) is 3.70. The number of aryl methyl sites for hydroxylation is 1. The average molecular weight is 358 g/mol. The normalized spacial score (nSPS) is 11.0.